The zero-order chi connectivity index (χ0) is 20.1. The minimum atomic E-state index is -0.256. The average Bonchev–Trinajstić information content (AvgIpc) is 3.15. The van der Waals surface area contributed by atoms with Gasteiger partial charge in [0.25, 0.3) is 5.91 Å². The van der Waals surface area contributed by atoms with Crippen molar-refractivity contribution in [1.82, 2.24) is 4.98 Å². The molecule has 0 spiro atoms. The van der Waals surface area contributed by atoms with Crippen LogP contribution in [0.15, 0.2) is 77.2 Å². The molecule has 1 heterocycles. The molecule has 0 fully saturated rings. The van der Waals surface area contributed by atoms with E-state index in [2.05, 4.69) is 10.3 Å². The molecule has 0 aliphatic carbocycles. The number of nitrogens with one attached hydrogen (secondary N) is 1. The van der Waals surface area contributed by atoms with E-state index >= 15 is 0 Å². The van der Waals surface area contributed by atoms with Crippen LogP contribution in [0.1, 0.15) is 11.5 Å². The van der Waals surface area contributed by atoms with E-state index in [1.165, 1.54) is 0 Å². The minimum Gasteiger partial charge on any atom is -0.497 e. The summed E-state index contributed by atoms with van der Waals surface area (Å²) >= 11 is 0. The van der Waals surface area contributed by atoms with Gasteiger partial charge in [-0.1, -0.05) is 30.3 Å². The van der Waals surface area contributed by atoms with E-state index < -0.39 is 0 Å². The third-order valence-electron chi connectivity index (χ3n) is 4.34. The molecule has 0 saturated carbocycles. The fourth-order valence-corrected chi connectivity index (χ4v) is 2.92. The lowest BCUT2D eigenvalue weighted by Crippen LogP contribution is -2.20. The lowest BCUT2D eigenvalue weighted by atomic mass is 10.1. The summed E-state index contributed by atoms with van der Waals surface area (Å²) in [6.07, 6.45) is 0.618. The number of methoxy groups -OCH3 is 1. The quantitative estimate of drug-likeness (QED) is 0.506. The van der Waals surface area contributed by atoms with Gasteiger partial charge in [0.15, 0.2) is 18.1 Å². The Labute approximate surface area is 168 Å². The number of anilines is 1. The normalized spacial score (nSPS) is 10.7. The van der Waals surface area contributed by atoms with Gasteiger partial charge in [0.1, 0.15) is 17.0 Å². The van der Waals surface area contributed by atoms with E-state index in [1.807, 2.05) is 30.3 Å². The Morgan fingerprint density at radius 1 is 1.00 bits per heavy atom. The molecule has 0 atom stereocenters. The highest BCUT2D eigenvalue weighted by Gasteiger charge is 2.09. The van der Waals surface area contributed by atoms with Gasteiger partial charge in [-0.05, 0) is 48.0 Å². The summed E-state index contributed by atoms with van der Waals surface area (Å²) in [5.41, 5.74) is 3.15. The topological polar surface area (TPSA) is 73.6 Å². The standard InChI is InChI=1S/C23H20N2O4/c1-27-18-8-10-19(11-9-18)28-15-22(26)24-17-7-12-21-20(14-17)25-23(29-21)13-16-5-3-2-4-6-16/h2-12,14H,13,15H2,1H3,(H,24,26). The van der Waals surface area contributed by atoms with Gasteiger partial charge in [0.05, 0.1) is 7.11 Å². The van der Waals surface area contributed by atoms with Crippen molar-refractivity contribution in [3.63, 3.8) is 0 Å². The van der Waals surface area contributed by atoms with E-state index in [0.717, 1.165) is 11.3 Å². The Kier molecular flexibility index (Phi) is 5.42. The molecule has 0 radical (unpaired) electrons. The van der Waals surface area contributed by atoms with Crippen LogP contribution in [0.3, 0.4) is 0 Å². The number of amides is 1. The molecule has 1 N–H and O–H groups in total. The molecular weight excluding hydrogens is 368 g/mol. The number of carbonyl (C=O) groups excluding carboxylic acids is 1. The van der Waals surface area contributed by atoms with Crippen molar-refractivity contribution in [2.75, 3.05) is 19.0 Å². The molecule has 4 rings (SSSR count). The second kappa shape index (κ2) is 8.48. The summed E-state index contributed by atoms with van der Waals surface area (Å²) in [6.45, 7) is -0.0948. The number of hydrogen-bond acceptors (Lipinski definition) is 5. The molecule has 0 aliphatic heterocycles. The molecule has 1 amide bonds. The molecule has 6 nitrogen and oxygen atoms in total. The number of ether oxygens (including phenoxy) is 2. The van der Waals surface area contributed by atoms with Crippen LogP contribution in [-0.4, -0.2) is 24.6 Å². The maximum Gasteiger partial charge on any atom is 0.262 e. The maximum absolute atomic E-state index is 12.2. The first-order valence-corrected chi connectivity index (χ1v) is 9.20. The van der Waals surface area contributed by atoms with Crippen molar-refractivity contribution >= 4 is 22.7 Å². The Balaban J connectivity index is 1.37. The zero-order valence-corrected chi connectivity index (χ0v) is 15.9. The lowest BCUT2D eigenvalue weighted by molar-refractivity contribution is -0.118. The van der Waals surface area contributed by atoms with Gasteiger partial charge < -0.3 is 19.2 Å². The molecule has 6 heteroatoms. The smallest absolute Gasteiger partial charge is 0.262 e. The second-order valence-corrected chi connectivity index (χ2v) is 6.46. The lowest BCUT2D eigenvalue weighted by Gasteiger charge is -2.08. The molecule has 0 unspecified atom stereocenters. The number of carbonyl (C=O) groups is 1. The van der Waals surface area contributed by atoms with Crippen LogP contribution in [0.4, 0.5) is 5.69 Å². The Hall–Kier alpha value is -3.80. The van der Waals surface area contributed by atoms with Crippen LogP contribution < -0.4 is 14.8 Å². The van der Waals surface area contributed by atoms with Gasteiger partial charge in [0.2, 0.25) is 0 Å². The molecule has 4 aromatic rings. The highest BCUT2D eigenvalue weighted by Crippen LogP contribution is 2.22. The summed E-state index contributed by atoms with van der Waals surface area (Å²) in [6, 6.07) is 22.4. The molecule has 146 valence electrons. The van der Waals surface area contributed by atoms with E-state index in [4.69, 9.17) is 13.9 Å². The third kappa shape index (κ3) is 4.73. The van der Waals surface area contributed by atoms with Gasteiger partial charge >= 0.3 is 0 Å². The van der Waals surface area contributed by atoms with E-state index in [-0.39, 0.29) is 12.5 Å². The molecule has 0 saturated heterocycles. The fraction of sp³-hybridized carbons (Fsp3) is 0.130. The molecule has 0 bridgehead atoms. The summed E-state index contributed by atoms with van der Waals surface area (Å²) in [5, 5.41) is 2.82. The van der Waals surface area contributed by atoms with Crippen LogP contribution in [-0.2, 0) is 11.2 Å². The summed E-state index contributed by atoms with van der Waals surface area (Å²) in [4.78, 5) is 16.7. The summed E-state index contributed by atoms with van der Waals surface area (Å²) < 4.78 is 16.4. The maximum atomic E-state index is 12.2. The largest absolute Gasteiger partial charge is 0.497 e. The van der Waals surface area contributed by atoms with E-state index in [9.17, 15) is 4.79 Å². The average molecular weight is 388 g/mol. The molecule has 0 aliphatic rings. The monoisotopic (exact) mass is 388 g/mol. The number of nitrogens with zero attached hydrogens (tertiary/aromatic N) is 1. The van der Waals surface area contributed by atoms with Crippen molar-refractivity contribution in [1.29, 1.82) is 0 Å². The fourth-order valence-electron chi connectivity index (χ4n) is 2.92. The first kappa shape index (κ1) is 18.6. The minimum absolute atomic E-state index is 0.0948. The molecule has 1 aromatic heterocycles. The highest BCUT2D eigenvalue weighted by atomic mass is 16.5. The Morgan fingerprint density at radius 2 is 1.76 bits per heavy atom. The first-order chi connectivity index (χ1) is 14.2. The highest BCUT2D eigenvalue weighted by molar-refractivity contribution is 5.93. The van der Waals surface area contributed by atoms with E-state index in [1.54, 1.807) is 49.6 Å². The Morgan fingerprint density at radius 3 is 2.52 bits per heavy atom. The molecule has 3 aromatic carbocycles. The van der Waals surface area contributed by atoms with Crippen LogP contribution in [0.5, 0.6) is 11.5 Å². The second-order valence-electron chi connectivity index (χ2n) is 6.46. The number of fused-ring (bicyclic) bond motifs is 1. The van der Waals surface area contributed by atoms with Gasteiger partial charge in [-0.3, -0.25) is 4.79 Å². The zero-order valence-electron chi connectivity index (χ0n) is 15.9. The van der Waals surface area contributed by atoms with Gasteiger partial charge in [-0.15, -0.1) is 0 Å². The van der Waals surface area contributed by atoms with Crippen LogP contribution in [0.25, 0.3) is 11.1 Å². The van der Waals surface area contributed by atoms with Crippen LogP contribution >= 0.6 is 0 Å². The van der Waals surface area contributed by atoms with E-state index in [0.29, 0.717) is 34.8 Å². The number of rotatable bonds is 7. The van der Waals surface area contributed by atoms with Crippen LogP contribution in [0, 0.1) is 0 Å². The van der Waals surface area contributed by atoms with Crippen molar-refractivity contribution in [3.8, 4) is 11.5 Å². The number of oxazole rings is 1. The molecule has 29 heavy (non-hydrogen) atoms. The number of hydrogen-bond donors (Lipinski definition) is 1. The van der Waals surface area contributed by atoms with Crippen molar-refractivity contribution in [2.45, 2.75) is 6.42 Å². The van der Waals surface area contributed by atoms with Gasteiger partial charge in [0, 0.05) is 12.1 Å². The summed E-state index contributed by atoms with van der Waals surface area (Å²) in [7, 11) is 1.60. The van der Waals surface area contributed by atoms with Crippen molar-refractivity contribution in [3.05, 3.63) is 84.3 Å². The SMILES string of the molecule is COc1ccc(OCC(=O)Nc2ccc3oc(Cc4ccccc4)nc3c2)cc1. The first-order valence-electron chi connectivity index (χ1n) is 9.20. The number of benzene rings is 3. The van der Waals surface area contributed by atoms with Gasteiger partial charge in [-0.2, -0.15) is 0 Å². The van der Waals surface area contributed by atoms with Crippen molar-refractivity contribution < 1.29 is 18.7 Å². The van der Waals surface area contributed by atoms with Crippen molar-refractivity contribution in [2.24, 2.45) is 0 Å². The third-order valence-corrected chi connectivity index (χ3v) is 4.34. The Bertz CT molecular complexity index is 1100. The predicted molar refractivity (Wildman–Crippen MR) is 110 cm³/mol. The number of aromatic nitrogens is 1. The summed E-state index contributed by atoms with van der Waals surface area (Å²) in [5.74, 6) is 1.71. The van der Waals surface area contributed by atoms with Gasteiger partial charge in [-0.25, -0.2) is 4.98 Å². The van der Waals surface area contributed by atoms with Crippen LogP contribution in [0.2, 0.25) is 0 Å². The molecular formula is C23H20N2O4. The predicted octanol–water partition coefficient (Wildman–Crippen LogP) is 4.44.